The van der Waals surface area contributed by atoms with Crippen molar-refractivity contribution in [1.29, 1.82) is 0 Å². The smallest absolute Gasteiger partial charge is 0.260 e. The average Bonchev–Trinajstić information content (AvgIpc) is 3.31. The van der Waals surface area contributed by atoms with E-state index in [0.29, 0.717) is 17.9 Å². The molecular formula is C19H25NO4S. The molecule has 5 nitrogen and oxygen atoms in total. The fraction of sp³-hybridized carbons (Fsp3) is 0.579. The van der Waals surface area contributed by atoms with Crippen LogP contribution in [0.2, 0.25) is 0 Å². The van der Waals surface area contributed by atoms with Gasteiger partial charge < -0.3 is 14.4 Å². The fourth-order valence-electron chi connectivity index (χ4n) is 3.26. The summed E-state index contributed by atoms with van der Waals surface area (Å²) in [6, 6.07) is 7.25. The van der Waals surface area contributed by atoms with Crippen molar-refractivity contribution in [3.05, 3.63) is 29.8 Å². The van der Waals surface area contributed by atoms with Crippen LogP contribution in [0.1, 0.15) is 36.5 Å². The minimum atomic E-state index is -0.0141. The fourth-order valence-corrected chi connectivity index (χ4v) is 4.49. The van der Waals surface area contributed by atoms with Gasteiger partial charge in [-0.3, -0.25) is 9.59 Å². The van der Waals surface area contributed by atoms with Gasteiger partial charge in [-0.05, 0) is 44.1 Å². The Bertz CT molecular complexity index is 609. The number of ether oxygens (including phenoxy) is 2. The first-order valence-electron chi connectivity index (χ1n) is 8.86. The number of thioether (sulfide) groups is 1. The van der Waals surface area contributed by atoms with Crippen molar-refractivity contribution in [1.82, 2.24) is 4.90 Å². The summed E-state index contributed by atoms with van der Waals surface area (Å²) in [7, 11) is 0. The molecule has 2 heterocycles. The van der Waals surface area contributed by atoms with Crippen molar-refractivity contribution in [2.75, 3.05) is 31.3 Å². The van der Waals surface area contributed by atoms with E-state index in [-0.39, 0.29) is 30.4 Å². The highest BCUT2D eigenvalue weighted by atomic mass is 32.2. The standard InChI is InChI=1S/C19H25NO4S/c1-14(21)15-4-2-5-17(10-15)24-12-19(22)20(16-7-9-25-13-16)11-18-6-3-8-23-18/h2,4-5,10,16,18H,3,6-9,11-13H2,1H3. The zero-order valence-electron chi connectivity index (χ0n) is 14.6. The van der Waals surface area contributed by atoms with Gasteiger partial charge in [-0.2, -0.15) is 11.8 Å². The molecule has 0 aromatic heterocycles. The summed E-state index contributed by atoms with van der Waals surface area (Å²) in [5, 5.41) is 0. The minimum Gasteiger partial charge on any atom is -0.484 e. The van der Waals surface area contributed by atoms with E-state index in [0.717, 1.165) is 37.4 Å². The third-order valence-electron chi connectivity index (χ3n) is 4.69. The van der Waals surface area contributed by atoms with Crippen LogP contribution in [0.3, 0.4) is 0 Å². The number of hydrogen-bond donors (Lipinski definition) is 0. The molecule has 2 atom stereocenters. The number of carbonyl (C=O) groups excluding carboxylic acids is 2. The van der Waals surface area contributed by atoms with Gasteiger partial charge in [0.1, 0.15) is 5.75 Å². The third-order valence-corrected chi connectivity index (χ3v) is 5.84. The van der Waals surface area contributed by atoms with Crippen molar-refractivity contribution in [3.63, 3.8) is 0 Å². The number of hydrogen-bond acceptors (Lipinski definition) is 5. The van der Waals surface area contributed by atoms with Gasteiger partial charge in [0.15, 0.2) is 12.4 Å². The van der Waals surface area contributed by atoms with E-state index in [2.05, 4.69) is 0 Å². The van der Waals surface area contributed by atoms with E-state index in [4.69, 9.17) is 9.47 Å². The van der Waals surface area contributed by atoms with Crippen molar-refractivity contribution in [2.24, 2.45) is 0 Å². The van der Waals surface area contributed by atoms with E-state index in [1.54, 1.807) is 24.3 Å². The lowest BCUT2D eigenvalue weighted by Gasteiger charge is -2.30. The van der Waals surface area contributed by atoms with Crippen LogP contribution in [0.25, 0.3) is 0 Å². The summed E-state index contributed by atoms with van der Waals surface area (Å²) in [5.41, 5.74) is 0.591. The summed E-state index contributed by atoms with van der Waals surface area (Å²) in [5.74, 6) is 2.62. The summed E-state index contributed by atoms with van der Waals surface area (Å²) in [6.07, 6.45) is 3.27. The van der Waals surface area contributed by atoms with Crippen molar-refractivity contribution in [2.45, 2.75) is 38.3 Å². The van der Waals surface area contributed by atoms with Gasteiger partial charge in [0.25, 0.3) is 5.91 Å². The van der Waals surface area contributed by atoms with Gasteiger partial charge in [0, 0.05) is 30.5 Å². The van der Waals surface area contributed by atoms with Gasteiger partial charge in [-0.25, -0.2) is 0 Å². The number of benzene rings is 1. The van der Waals surface area contributed by atoms with Crippen molar-refractivity contribution >= 4 is 23.5 Å². The van der Waals surface area contributed by atoms with E-state index < -0.39 is 0 Å². The predicted molar refractivity (Wildman–Crippen MR) is 98.4 cm³/mol. The number of Topliss-reactive ketones (excluding diaryl/α,β-unsaturated/α-hetero) is 1. The van der Waals surface area contributed by atoms with Crippen molar-refractivity contribution in [3.8, 4) is 5.75 Å². The van der Waals surface area contributed by atoms with E-state index >= 15 is 0 Å². The molecule has 0 bridgehead atoms. The Labute approximate surface area is 153 Å². The Morgan fingerprint density at radius 2 is 2.24 bits per heavy atom. The second-order valence-corrected chi connectivity index (χ2v) is 7.72. The first-order chi connectivity index (χ1) is 12.1. The molecule has 0 saturated carbocycles. The summed E-state index contributed by atoms with van der Waals surface area (Å²) >= 11 is 1.89. The molecule has 0 radical (unpaired) electrons. The third kappa shape index (κ3) is 4.98. The molecule has 2 fully saturated rings. The zero-order valence-corrected chi connectivity index (χ0v) is 15.4. The average molecular weight is 363 g/mol. The van der Waals surface area contributed by atoms with Gasteiger partial charge in [0.05, 0.1) is 6.10 Å². The lowest BCUT2D eigenvalue weighted by molar-refractivity contribution is -0.137. The monoisotopic (exact) mass is 363 g/mol. The van der Waals surface area contributed by atoms with Gasteiger partial charge in [0.2, 0.25) is 0 Å². The predicted octanol–water partition coefficient (Wildman–Crippen LogP) is 2.78. The van der Waals surface area contributed by atoms with Crippen LogP contribution in [0.15, 0.2) is 24.3 Å². The Kier molecular flexibility index (Phi) is 6.37. The molecule has 3 rings (SSSR count). The van der Waals surface area contributed by atoms with E-state index in [1.807, 2.05) is 16.7 Å². The van der Waals surface area contributed by atoms with E-state index in [1.165, 1.54) is 6.92 Å². The second kappa shape index (κ2) is 8.72. The lowest BCUT2D eigenvalue weighted by atomic mass is 10.1. The van der Waals surface area contributed by atoms with Crippen LogP contribution in [0.4, 0.5) is 0 Å². The van der Waals surface area contributed by atoms with Crippen molar-refractivity contribution < 1.29 is 19.1 Å². The molecule has 25 heavy (non-hydrogen) atoms. The lowest BCUT2D eigenvalue weighted by Crippen LogP contribution is -2.46. The van der Waals surface area contributed by atoms with Gasteiger partial charge in [-0.1, -0.05) is 12.1 Å². The molecule has 2 aliphatic rings. The molecule has 1 aromatic rings. The molecule has 0 aliphatic carbocycles. The molecule has 1 aromatic carbocycles. The molecule has 6 heteroatoms. The van der Waals surface area contributed by atoms with Crippen LogP contribution in [-0.4, -0.2) is 60.0 Å². The summed E-state index contributed by atoms with van der Waals surface area (Å²) < 4.78 is 11.4. The molecule has 136 valence electrons. The zero-order chi connectivity index (χ0) is 17.6. The van der Waals surface area contributed by atoms with Crippen LogP contribution < -0.4 is 4.74 Å². The van der Waals surface area contributed by atoms with Crippen LogP contribution in [-0.2, 0) is 9.53 Å². The molecular weight excluding hydrogens is 338 g/mol. The summed E-state index contributed by atoms with van der Waals surface area (Å²) in [4.78, 5) is 26.2. The normalized spacial score (nSPS) is 22.8. The minimum absolute atomic E-state index is 0.00349. The SMILES string of the molecule is CC(=O)c1cccc(OCC(=O)N(CC2CCCO2)C2CCSC2)c1. The van der Waals surface area contributed by atoms with E-state index in [9.17, 15) is 9.59 Å². The first kappa shape index (κ1) is 18.3. The number of ketones is 1. The number of rotatable bonds is 7. The Morgan fingerprint density at radius 3 is 2.92 bits per heavy atom. The number of carbonyl (C=O) groups is 2. The molecule has 1 amide bonds. The highest BCUT2D eigenvalue weighted by Gasteiger charge is 2.30. The highest BCUT2D eigenvalue weighted by Crippen LogP contribution is 2.25. The van der Waals surface area contributed by atoms with Crippen LogP contribution in [0, 0.1) is 0 Å². The van der Waals surface area contributed by atoms with Gasteiger partial charge >= 0.3 is 0 Å². The number of amides is 1. The molecule has 2 aliphatic heterocycles. The molecule has 0 spiro atoms. The topological polar surface area (TPSA) is 55.8 Å². The maximum absolute atomic E-state index is 12.8. The molecule has 2 saturated heterocycles. The Hall–Kier alpha value is -1.53. The quantitative estimate of drug-likeness (QED) is 0.697. The first-order valence-corrected chi connectivity index (χ1v) is 10.0. The Morgan fingerprint density at radius 1 is 1.36 bits per heavy atom. The summed E-state index contributed by atoms with van der Waals surface area (Å²) in [6.45, 7) is 2.96. The van der Waals surface area contributed by atoms with Gasteiger partial charge in [-0.15, -0.1) is 0 Å². The van der Waals surface area contributed by atoms with Crippen LogP contribution >= 0.6 is 11.8 Å². The highest BCUT2D eigenvalue weighted by molar-refractivity contribution is 7.99. The molecule has 0 N–H and O–H groups in total. The maximum Gasteiger partial charge on any atom is 0.260 e. The number of nitrogens with zero attached hydrogens (tertiary/aromatic N) is 1. The van der Waals surface area contributed by atoms with Crippen LogP contribution in [0.5, 0.6) is 5.75 Å². The molecule has 2 unspecified atom stereocenters. The Balaban J connectivity index is 1.61. The second-order valence-electron chi connectivity index (χ2n) is 6.57. The largest absolute Gasteiger partial charge is 0.484 e. The maximum atomic E-state index is 12.8.